The molecule has 5 nitrogen and oxygen atoms in total. The number of likely N-dealkylation sites (N-methyl/N-ethyl adjacent to an activating group) is 1. The number of aromatic nitrogens is 2. The number of benzene rings is 2. The molecule has 0 saturated carbocycles. The molecule has 148 valence electrons. The van der Waals surface area contributed by atoms with E-state index in [1.807, 2.05) is 72.5 Å². The maximum Gasteiger partial charge on any atom is 0.240 e. The SMILES string of the molecule is CN(C(=O)CN1CC=C(c2cnn(-c3ccccc3)c2)CC1)c1ccc(Br)cc1. The first-order valence-corrected chi connectivity index (χ1v) is 10.4. The summed E-state index contributed by atoms with van der Waals surface area (Å²) in [6, 6.07) is 17.9. The summed E-state index contributed by atoms with van der Waals surface area (Å²) in [5.74, 6) is 0.0982. The Hall–Kier alpha value is -2.70. The van der Waals surface area contributed by atoms with E-state index in [4.69, 9.17) is 0 Å². The largest absolute Gasteiger partial charge is 0.314 e. The highest BCUT2D eigenvalue weighted by Crippen LogP contribution is 2.23. The molecule has 0 bridgehead atoms. The zero-order chi connectivity index (χ0) is 20.2. The van der Waals surface area contributed by atoms with Gasteiger partial charge in [0.1, 0.15) is 0 Å². The number of para-hydroxylation sites is 1. The van der Waals surface area contributed by atoms with Gasteiger partial charge in [-0.05, 0) is 48.4 Å². The van der Waals surface area contributed by atoms with Gasteiger partial charge in [-0.15, -0.1) is 0 Å². The molecule has 1 aliphatic rings. The molecule has 1 aliphatic heterocycles. The number of nitrogens with zero attached hydrogens (tertiary/aromatic N) is 4. The molecule has 6 heteroatoms. The number of halogens is 1. The van der Waals surface area contributed by atoms with Crippen molar-refractivity contribution in [2.45, 2.75) is 6.42 Å². The van der Waals surface area contributed by atoms with E-state index < -0.39 is 0 Å². The summed E-state index contributed by atoms with van der Waals surface area (Å²) in [4.78, 5) is 16.5. The Bertz CT molecular complexity index is 1010. The lowest BCUT2D eigenvalue weighted by atomic mass is 10.0. The van der Waals surface area contributed by atoms with Crippen molar-refractivity contribution >= 4 is 33.1 Å². The highest BCUT2D eigenvalue weighted by Gasteiger charge is 2.19. The first kappa shape index (κ1) is 19.6. The van der Waals surface area contributed by atoms with E-state index >= 15 is 0 Å². The van der Waals surface area contributed by atoms with Gasteiger partial charge in [0.2, 0.25) is 5.91 Å². The number of carbonyl (C=O) groups excluding carboxylic acids is 1. The van der Waals surface area contributed by atoms with E-state index in [1.165, 1.54) is 5.57 Å². The standard InChI is InChI=1S/C23H23BrN4O/c1-26(21-9-7-20(24)8-10-21)23(29)17-27-13-11-18(12-14-27)19-15-25-28(16-19)22-5-3-2-4-6-22/h2-11,15-16H,12-14,17H2,1H3. The maximum absolute atomic E-state index is 12.6. The molecule has 29 heavy (non-hydrogen) atoms. The van der Waals surface area contributed by atoms with Crippen LogP contribution in [0.4, 0.5) is 5.69 Å². The second-order valence-electron chi connectivity index (χ2n) is 7.15. The average molecular weight is 451 g/mol. The Morgan fingerprint density at radius 1 is 1.14 bits per heavy atom. The van der Waals surface area contributed by atoms with Gasteiger partial charge in [-0.2, -0.15) is 5.10 Å². The van der Waals surface area contributed by atoms with Gasteiger partial charge in [-0.3, -0.25) is 9.69 Å². The molecular formula is C23H23BrN4O. The zero-order valence-corrected chi connectivity index (χ0v) is 17.9. The second kappa shape index (κ2) is 8.76. The van der Waals surface area contributed by atoms with Crippen LogP contribution in [0.2, 0.25) is 0 Å². The van der Waals surface area contributed by atoms with Gasteiger partial charge in [0.25, 0.3) is 0 Å². The van der Waals surface area contributed by atoms with Crippen LogP contribution >= 0.6 is 15.9 Å². The summed E-state index contributed by atoms with van der Waals surface area (Å²) in [5.41, 5.74) is 4.39. The Morgan fingerprint density at radius 3 is 2.59 bits per heavy atom. The minimum atomic E-state index is 0.0982. The van der Waals surface area contributed by atoms with Gasteiger partial charge in [-0.25, -0.2) is 4.68 Å². The number of anilines is 1. The summed E-state index contributed by atoms with van der Waals surface area (Å²) in [5, 5.41) is 4.49. The normalized spacial score (nSPS) is 14.5. The number of carbonyl (C=O) groups is 1. The van der Waals surface area contributed by atoms with Crippen LogP contribution in [0.3, 0.4) is 0 Å². The van der Waals surface area contributed by atoms with Gasteiger partial charge >= 0.3 is 0 Å². The molecule has 0 unspecified atom stereocenters. The van der Waals surface area contributed by atoms with E-state index in [0.717, 1.165) is 40.9 Å². The number of rotatable bonds is 5. The van der Waals surface area contributed by atoms with Crippen molar-refractivity contribution in [3.05, 3.63) is 83.1 Å². The zero-order valence-electron chi connectivity index (χ0n) is 16.3. The predicted octanol–water partition coefficient (Wildman–Crippen LogP) is 4.39. The monoisotopic (exact) mass is 450 g/mol. The van der Waals surface area contributed by atoms with Crippen molar-refractivity contribution in [3.8, 4) is 5.69 Å². The van der Waals surface area contributed by atoms with Gasteiger partial charge in [0, 0.05) is 42.1 Å². The van der Waals surface area contributed by atoms with Crippen molar-refractivity contribution < 1.29 is 4.79 Å². The minimum absolute atomic E-state index is 0.0982. The lowest BCUT2D eigenvalue weighted by Gasteiger charge is -2.27. The van der Waals surface area contributed by atoms with Gasteiger partial charge < -0.3 is 4.90 Å². The number of hydrogen-bond donors (Lipinski definition) is 0. The fraction of sp³-hybridized carbons (Fsp3) is 0.217. The molecule has 1 aromatic heterocycles. The van der Waals surface area contributed by atoms with Crippen molar-refractivity contribution in [3.63, 3.8) is 0 Å². The molecule has 0 aliphatic carbocycles. The Labute approximate surface area is 179 Å². The molecule has 0 spiro atoms. The van der Waals surface area contributed by atoms with Crippen LogP contribution in [-0.2, 0) is 4.79 Å². The van der Waals surface area contributed by atoms with Crippen LogP contribution < -0.4 is 4.90 Å². The van der Waals surface area contributed by atoms with E-state index in [9.17, 15) is 4.79 Å². The van der Waals surface area contributed by atoms with Crippen LogP contribution in [0.15, 0.2) is 77.5 Å². The van der Waals surface area contributed by atoms with E-state index in [0.29, 0.717) is 6.54 Å². The van der Waals surface area contributed by atoms with Crippen molar-refractivity contribution in [1.29, 1.82) is 0 Å². The van der Waals surface area contributed by atoms with Gasteiger partial charge in [0.15, 0.2) is 0 Å². The lowest BCUT2D eigenvalue weighted by Crippen LogP contribution is -2.40. The molecule has 0 saturated heterocycles. The van der Waals surface area contributed by atoms with Crippen LogP contribution in [0.5, 0.6) is 0 Å². The van der Waals surface area contributed by atoms with Crippen molar-refractivity contribution in [2.24, 2.45) is 0 Å². The molecule has 0 fully saturated rings. The lowest BCUT2D eigenvalue weighted by molar-refractivity contribution is -0.119. The first-order valence-electron chi connectivity index (χ1n) is 9.64. The molecule has 1 amide bonds. The fourth-order valence-corrected chi connectivity index (χ4v) is 3.70. The van der Waals surface area contributed by atoms with Crippen LogP contribution in [0.1, 0.15) is 12.0 Å². The van der Waals surface area contributed by atoms with Crippen LogP contribution in [0, 0.1) is 0 Å². The highest BCUT2D eigenvalue weighted by molar-refractivity contribution is 9.10. The third-order valence-electron chi connectivity index (χ3n) is 5.21. The Balaban J connectivity index is 1.36. The molecule has 4 rings (SSSR count). The molecule has 3 aromatic rings. The molecule has 0 radical (unpaired) electrons. The predicted molar refractivity (Wildman–Crippen MR) is 120 cm³/mol. The van der Waals surface area contributed by atoms with Crippen molar-refractivity contribution in [1.82, 2.24) is 14.7 Å². The summed E-state index contributed by atoms with van der Waals surface area (Å²) in [7, 11) is 1.83. The molecule has 0 atom stereocenters. The number of hydrogen-bond acceptors (Lipinski definition) is 3. The minimum Gasteiger partial charge on any atom is -0.314 e. The molecule has 2 aromatic carbocycles. The first-order chi connectivity index (χ1) is 14.1. The molecule has 0 N–H and O–H groups in total. The number of amides is 1. The average Bonchev–Trinajstić information content (AvgIpc) is 3.25. The van der Waals surface area contributed by atoms with E-state index in [-0.39, 0.29) is 5.91 Å². The quantitative estimate of drug-likeness (QED) is 0.578. The van der Waals surface area contributed by atoms with Gasteiger partial charge in [0.05, 0.1) is 18.4 Å². The smallest absolute Gasteiger partial charge is 0.240 e. The third-order valence-corrected chi connectivity index (χ3v) is 5.74. The van der Waals surface area contributed by atoms with E-state index in [1.54, 1.807) is 4.90 Å². The van der Waals surface area contributed by atoms with Crippen LogP contribution in [0.25, 0.3) is 11.3 Å². The van der Waals surface area contributed by atoms with Crippen LogP contribution in [-0.4, -0.2) is 47.3 Å². The second-order valence-corrected chi connectivity index (χ2v) is 8.07. The summed E-state index contributed by atoms with van der Waals surface area (Å²) in [6.07, 6.45) is 7.11. The Morgan fingerprint density at radius 2 is 1.90 bits per heavy atom. The topological polar surface area (TPSA) is 41.4 Å². The Kier molecular flexibility index (Phi) is 5.92. The molecular weight excluding hydrogens is 428 g/mol. The maximum atomic E-state index is 12.6. The van der Waals surface area contributed by atoms with E-state index in [2.05, 4.69) is 38.2 Å². The third kappa shape index (κ3) is 4.66. The summed E-state index contributed by atoms with van der Waals surface area (Å²) >= 11 is 3.43. The van der Waals surface area contributed by atoms with Crippen molar-refractivity contribution in [2.75, 3.05) is 31.6 Å². The molecule has 2 heterocycles. The fourth-order valence-electron chi connectivity index (χ4n) is 3.43. The summed E-state index contributed by atoms with van der Waals surface area (Å²) < 4.78 is 2.91. The highest BCUT2D eigenvalue weighted by atomic mass is 79.9. The van der Waals surface area contributed by atoms with Gasteiger partial charge in [-0.1, -0.05) is 40.2 Å². The summed E-state index contributed by atoms with van der Waals surface area (Å²) in [6.45, 7) is 2.05.